The fraction of sp³-hybridized carbons (Fsp3) is 0.357. The van der Waals surface area contributed by atoms with E-state index in [9.17, 15) is 0 Å². The molecule has 0 fully saturated rings. The number of ether oxygens (including phenoxy) is 1. The molecule has 2 aromatic rings. The van der Waals surface area contributed by atoms with Crippen LogP contribution >= 0.6 is 11.3 Å². The predicted octanol–water partition coefficient (Wildman–Crippen LogP) is 3.31. The Morgan fingerprint density at radius 1 is 1.33 bits per heavy atom. The van der Waals surface area contributed by atoms with E-state index in [2.05, 4.69) is 36.3 Å². The minimum absolute atomic E-state index is 0.306. The van der Waals surface area contributed by atoms with Crippen LogP contribution in [0.15, 0.2) is 30.5 Å². The Kier molecular flexibility index (Phi) is 4.33. The van der Waals surface area contributed by atoms with Crippen molar-refractivity contribution in [2.24, 2.45) is 0 Å². The number of hydrogen-bond acceptors (Lipinski definition) is 4. The summed E-state index contributed by atoms with van der Waals surface area (Å²) in [5, 5.41) is 4.61. The fourth-order valence-electron chi connectivity index (χ4n) is 1.73. The maximum atomic E-state index is 5.15. The summed E-state index contributed by atoms with van der Waals surface area (Å²) in [6, 6.07) is 8.45. The fourth-order valence-corrected chi connectivity index (χ4v) is 2.47. The first-order chi connectivity index (χ1) is 8.69. The Morgan fingerprint density at radius 3 is 2.61 bits per heavy atom. The molecule has 0 amide bonds. The SMILES string of the molecule is COc1ccc(C(C)NCc2ncc(C)s2)cc1. The second-order valence-electron chi connectivity index (χ2n) is 4.24. The molecule has 2 rings (SSSR count). The van der Waals surface area contributed by atoms with E-state index in [-0.39, 0.29) is 0 Å². The molecular weight excluding hydrogens is 244 g/mol. The molecule has 1 aromatic heterocycles. The highest BCUT2D eigenvalue weighted by atomic mass is 32.1. The molecule has 96 valence electrons. The van der Waals surface area contributed by atoms with Crippen LogP contribution in [0.5, 0.6) is 5.75 Å². The van der Waals surface area contributed by atoms with E-state index in [1.165, 1.54) is 10.4 Å². The molecule has 0 saturated heterocycles. The molecule has 0 spiro atoms. The molecular formula is C14H18N2OS. The molecule has 3 nitrogen and oxygen atoms in total. The molecule has 0 bridgehead atoms. The zero-order chi connectivity index (χ0) is 13.0. The van der Waals surface area contributed by atoms with E-state index in [4.69, 9.17) is 4.74 Å². The normalized spacial score (nSPS) is 12.4. The first-order valence-electron chi connectivity index (χ1n) is 5.97. The zero-order valence-corrected chi connectivity index (χ0v) is 11.8. The van der Waals surface area contributed by atoms with Crippen molar-refractivity contribution in [3.05, 3.63) is 45.9 Å². The van der Waals surface area contributed by atoms with E-state index < -0.39 is 0 Å². The summed E-state index contributed by atoms with van der Waals surface area (Å²) >= 11 is 1.74. The first-order valence-corrected chi connectivity index (χ1v) is 6.79. The summed E-state index contributed by atoms with van der Waals surface area (Å²) in [6.07, 6.45) is 1.92. The van der Waals surface area contributed by atoms with Crippen molar-refractivity contribution in [1.29, 1.82) is 0 Å². The van der Waals surface area contributed by atoms with Crippen molar-refractivity contribution in [2.75, 3.05) is 7.11 Å². The van der Waals surface area contributed by atoms with Gasteiger partial charge in [0.05, 0.1) is 7.11 Å². The number of methoxy groups -OCH3 is 1. The third-order valence-electron chi connectivity index (χ3n) is 2.84. The minimum atomic E-state index is 0.306. The number of aromatic nitrogens is 1. The third-order valence-corrected chi connectivity index (χ3v) is 3.76. The molecule has 1 unspecified atom stereocenters. The van der Waals surface area contributed by atoms with Gasteiger partial charge in [-0.2, -0.15) is 0 Å². The van der Waals surface area contributed by atoms with Gasteiger partial charge in [0.2, 0.25) is 0 Å². The summed E-state index contributed by atoms with van der Waals surface area (Å²) in [6.45, 7) is 5.04. The van der Waals surface area contributed by atoms with Gasteiger partial charge in [0.1, 0.15) is 10.8 Å². The number of benzene rings is 1. The number of nitrogens with one attached hydrogen (secondary N) is 1. The highest BCUT2D eigenvalue weighted by Crippen LogP contribution is 2.18. The van der Waals surface area contributed by atoms with Crippen LogP contribution in [0.25, 0.3) is 0 Å². The van der Waals surface area contributed by atoms with Gasteiger partial charge < -0.3 is 10.1 Å². The molecule has 0 saturated carbocycles. The van der Waals surface area contributed by atoms with Crippen molar-refractivity contribution in [3.63, 3.8) is 0 Å². The number of thiazole rings is 1. The Labute approximate surface area is 112 Å². The topological polar surface area (TPSA) is 34.1 Å². The molecule has 1 heterocycles. The Hall–Kier alpha value is -1.39. The van der Waals surface area contributed by atoms with Crippen LogP contribution in [0.2, 0.25) is 0 Å². The monoisotopic (exact) mass is 262 g/mol. The van der Waals surface area contributed by atoms with Gasteiger partial charge in [-0.1, -0.05) is 12.1 Å². The zero-order valence-electron chi connectivity index (χ0n) is 10.9. The van der Waals surface area contributed by atoms with Gasteiger partial charge in [-0.25, -0.2) is 4.98 Å². The van der Waals surface area contributed by atoms with Crippen LogP contribution in [0.1, 0.15) is 28.4 Å². The number of nitrogens with zero attached hydrogens (tertiary/aromatic N) is 1. The summed E-state index contributed by atoms with van der Waals surface area (Å²) in [5.41, 5.74) is 1.25. The highest BCUT2D eigenvalue weighted by Gasteiger charge is 2.06. The molecule has 1 atom stereocenters. The lowest BCUT2D eigenvalue weighted by molar-refractivity contribution is 0.414. The summed E-state index contributed by atoms with van der Waals surface area (Å²) < 4.78 is 5.15. The van der Waals surface area contributed by atoms with Gasteiger partial charge in [0, 0.05) is 23.7 Å². The molecule has 0 aliphatic carbocycles. The van der Waals surface area contributed by atoms with Gasteiger partial charge >= 0.3 is 0 Å². The van der Waals surface area contributed by atoms with Crippen molar-refractivity contribution >= 4 is 11.3 Å². The Balaban J connectivity index is 1.92. The van der Waals surface area contributed by atoms with Crippen LogP contribution in [0.3, 0.4) is 0 Å². The van der Waals surface area contributed by atoms with Gasteiger partial charge in [0.15, 0.2) is 0 Å². The average molecular weight is 262 g/mol. The van der Waals surface area contributed by atoms with Crippen molar-refractivity contribution in [3.8, 4) is 5.75 Å². The molecule has 0 aliphatic rings. The van der Waals surface area contributed by atoms with Crippen LogP contribution in [-0.2, 0) is 6.54 Å². The van der Waals surface area contributed by atoms with Crippen LogP contribution < -0.4 is 10.1 Å². The summed E-state index contributed by atoms with van der Waals surface area (Å²) in [5.74, 6) is 0.890. The Morgan fingerprint density at radius 2 is 2.06 bits per heavy atom. The molecule has 4 heteroatoms. The van der Waals surface area contributed by atoms with Crippen LogP contribution in [0, 0.1) is 6.92 Å². The van der Waals surface area contributed by atoms with Crippen molar-refractivity contribution in [1.82, 2.24) is 10.3 Å². The quantitative estimate of drug-likeness (QED) is 0.897. The van der Waals surface area contributed by atoms with E-state index in [0.29, 0.717) is 6.04 Å². The lowest BCUT2D eigenvalue weighted by atomic mass is 10.1. The minimum Gasteiger partial charge on any atom is -0.497 e. The molecule has 0 aliphatic heterocycles. The first kappa shape index (κ1) is 13.1. The van der Waals surface area contributed by atoms with E-state index >= 15 is 0 Å². The highest BCUT2D eigenvalue weighted by molar-refractivity contribution is 7.11. The molecule has 18 heavy (non-hydrogen) atoms. The average Bonchev–Trinajstić information content (AvgIpc) is 2.82. The van der Waals surface area contributed by atoms with E-state index in [1.807, 2.05) is 18.3 Å². The molecule has 1 aromatic carbocycles. The van der Waals surface area contributed by atoms with Crippen LogP contribution in [-0.4, -0.2) is 12.1 Å². The summed E-state index contributed by atoms with van der Waals surface area (Å²) in [4.78, 5) is 5.60. The Bertz CT molecular complexity index is 493. The maximum absolute atomic E-state index is 5.15. The number of rotatable bonds is 5. The van der Waals surface area contributed by atoms with Gasteiger partial charge in [0.25, 0.3) is 0 Å². The second kappa shape index (κ2) is 5.98. The third kappa shape index (κ3) is 3.31. The van der Waals surface area contributed by atoms with Crippen molar-refractivity contribution < 1.29 is 4.74 Å². The maximum Gasteiger partial charge on any atom is 0.118 e. The lowest BCUT2D eigenvalue weighted by Gasteiger charge is -2.13. The second-order valence-corrected chi connectivity index (χ2v) is 5.56. The number of hydrogen-bond donors (Lipinski definition) is 1. The number of aryl methyl sites for hydroxylation is 1. The van der Waals surface area contributed by atoms with Crippen LogP contribution in [0.4, 0.5) is 0 Å². The van der Waals surface area contributed by atoms with E-state index in [1.54, 1.807) is 18.4 Å². The van der Waals surface area contributed by atoms with Crippen molar-refractivity contribution in [2.45, 2.75) is 26.4 Å². The molecule has 1 N–H and O–H groups in total. The standard InChI is InChI=1S/C14H18N2OS/c1-10-8-16-14(18-10)9-15-11(2)12-4-6-13(17-3)7-5-12/h4-8,11,15H,9H2,1-3H3. The van der Waals surface area contributed by atoms with Gasteiger partial charge in [-0.3, -0.25) is 0 Å². The van der Waals surface area contributed by atoms with Gasteiger partial charge in [-0.05, 0) is 31.5 Å². The smallest absolute Gasteiger partial charge is 0.118 e. The summed E-state index contributed by atoms with van der Waals surface area (Å²) in [7, 11) is 1.68. The van der Waals surface area contributed by atoms with E-state index in [0.717, 1.165) is 17.3 Å². The van der Waals surface area contributed by atoms with Gasteiger partial charge in [-0.15, -0.1) is 11.3 Å². The lowest BCUT2D eigenvalue weighted by Crippen LogP contribution is -2.17. The largest absolute Gasteiger partial charge is 0.497 e. The molecule has 0 radical (unpaired) electrons. The predicted molar refractivity (Wildman–Crippen MR) is 75.1 cm³/mol.